The quantitative estimate of drug-likeness (QED) is 0.136. The Hall–Kier alpha value is -4.56. The predicted octanol–water partition coefficient (Wildman–Crippen LogP) is 6.85. The number of pyridine rings is 1. The van der Waals surface area contributed by atoms with Gasteiger partial charge in [-0.05, 0) is 73.5 Å². The Balaban J connectivity index is 1.56. The van der Waals surface area contributed by atoms with Crippen LogP contribution in [0.5, 0.6) is 0 Å². The normalized spacial score (nSPS) is 10.6. The van der Waals surface area contributed by atoms with E-state index in [2.05, 4.69) is 4.98 Å². The molecule has 0 bridgehead atoms. The van der Waals surface area contributed by atoms with Crippen molar-refractivity contribution < 1.29 is 28.2 Å². The van der Waals surface area contributed by atoms with Gasteiger partial charge in [0.15, 0.2) is 5.78 Å². The summed E-state index contributed by atoms with van der Waals surface area (Å²) in [7, 11) is 0. The highest BCUT2D eigenvalue weighted by Crippen LogP contribution is 2.33. The Morgan fingerprint density at radius 3 is 2.26 bits per heavy atom. The molecule has 39 heavy (non-hydrogen) atoms. The first-order valence-corrected chi connectivity index (χ1v) is 12.3. The maximum Gasteiger partial charge on any atom is 0.419 e. The number of ketones is 1. The maximum atomic E-state index is 13.8. The minimum absolute atomic E-state index is 0.129. The number of esters is 1. The number of nitrogens with zero attached hydrogens (tertiary/aromatic N) is 2. The number of hydrogen-bond acceptors (Lipinski definition) is 6. The third kappa shape index (κ3) is 6.48. The van der Waals surface area contributed by atoms with Crippen molar-refractivity contribution in [3.8, 4) is 0 Å². The van der Waals surface area contributed by atoms with Crippen molar-refractivity contribution in [3.05, 3.63) is 124 Å². The molecule has 1 aromatic heterocycles. The summed E-state index contributed by atoms with van der Waals surface area (Å²) < 4.78 is 24.4. The monoisotopic (exact) mass is 546 g/mol. The second-order valence-electron chi connectivity index (χ2n) is 8.56. The van der Waals surface area contributed by atoms with Gasteiger partial charge in [-0.3, -0.25) is 9.78 Å². The number of rotatable bonds is 8. The van der Waals surface area contributed by atoms with Crippen molar-refractivity contribution in [2.45, 2.75) is 13.8 Å². The number of carbonyl (C=O) groups is 3. The summed E-state index contributed by atoms with van der Waals surface area (Å²) >= 11 is 6.53. The van der Waals surface area contributed by atoms with Crippen LogP contribution >= 0.6 is 11.6 Å². The van der Waals surface area contributed by atoms with Gasteiger partial charge in [0.2, 0.25) is 0 Å². The van der Waals surface area contributed by atoms with E-state index < -0.39 is 17.9 Å². The van der Waals surface area contributed by atoms with Gasteiger partial charge in [-0.15, -0.1) is 0 Å². The zero-order valence-corrected chi connectivity index (χ0v) is 21.9. The summed E-state index contributed by atoms with van der Waals surface area (Å²) in [6.07, 6.45) is 2.12. The molecule has 0 aliphatic rings. The lowest BCUT2D eigenvalue weighted by molar-refractivity contribution is 0.0408. The molecule has 0 N–H and O–H groups in total. The standard InChI is InChI=1S/C30H24ClFN2O5/c1-19-5-3-4-6-24(19)28(35)25-9-8-23(18-26(25)31)34(27-10-7-22(32)17-20(27)2)30(37)39-16-15-38-29(36)21-11-13-33-14-12-21/h3-14,17-18H,15-16H2,1-2H3. The van der Waals surface area contributed by atoms with Crippen LogP contribution in [0.25, 0.3) is 0 Å². The number of amides is 1. The first kappa shape index (κ1) is 27.5. The highest BCUT2D eigenvalue weighted by atomic mass is 35.5. The van der Waals surface area contributed by atoms with Crippen LogP contribution in [0.3, 0.4) is 0 Å². The number of aryl methyl sites for hydroxylation is 2. The summed E-state index contributed by atoms with van der Waals surface area (Å²) in [5.41, 5.74) is 3.02. The molecule has 1 heterocycles. The Morgan fingerprint density at radius 2 is 1.56 bits per heavy atom. The van der Waals surface area contributed by atoms with Crippen molar-refractivity contribution in [3.63, 3.8) is 0 Å². The Morgan fingerprint density at radius 1 is 0.846 bits per heavy atom. The fourth-order valence-corrected chi connectivity index (χ4v) is 4.17. The van der Waals surface area contributed by atoms with Crippen LogP contribution in [0.15, 0.2) is 85.2 Å². The topological polar surface area (TPSA) is 85.8 Å². The summed E-state index contributed by atoms with van der Waals surface area (Å²) in [5, 5.41) is 0.129. The minimum Gasteiger partial charge on any atom is -0.458 e. The maximum absolute atomic E-state index is 13.8. The molecule has 4 rings (SSSR count). The van der Waals surface area contributed by atoms with E-state index in [9.17, 15) is 18.8 Å². The number of carbonyl (C=O) groups excluding carboxylic acids is 3. The van der Waals surface area contributed by atoms with Crippen molar-refractivity contribution >= 4 is 40.8 Å². The number of benzene rings is 3. The van der Waals surface area contributed by atoms with Crippen LogP contribution in [0, 0.1) is 19.7 Å². The van der Waals surface area contributed by atoms with Gasteiger partial charge in [-0.25, -0.2) is 18.9 Å². The fourth-order valence-electron chi connectivity index (χ4n) is 3.91. The third-order valence-electron chi connectivity index (χ3n) is 5.89. The molecular weight excluding hydrogens is 523 g/mol. The molecule has 7 nitrogen and oxygen atoms in total. The van der Waals surface area contributed by atoms with Gasteiger partial charge in [0.05, 0.1) is 22.0 Å². The average molecular weight is 547 g/mol. The first-order valence-electron chi connectivity index (χ1n) is 12.0. The third-order valence-corrected chi connectivity index (χ3v) is 6.20. The van der Waals surface area contributed by atoms with E-state index in [0.29, 0.717) is 28.1 Å². The summed E-state index contributed by atoms with van der Waals surface area (Å²) in [5.74, 6) is -1.31. The van der Waals surface area contributed by atoms with Crippen LogP contribution in [-0.2, 0) is 9.47 Å². The van der Waals surface area contributed by atoms with Crippen LogP contribution < -0.4 is 4.90 Å². The van der Waals surface area contributed by atoms with E-state index in [1.165, 1.54) is 59.8 Å². The van der Waals surface area contributed by atoms with Gasteiger partial charge >= 0.3 is 12.1 Å². The lowest BCUT2D eigenvalue weighted by Gasteiger charge is -2.24. The molecule has 3 aromatic carbocycles. The molecule has 0 fully saturated rings. The van der Waals surface area contributed by atoms with E-state index in [1.807, 2.05) is 19.1 Å². The van der Waals surface area contributed by atoms with E-state index in [4.69, 9.17) is 21.1 Å². The second kappa shape index (κ2) is 12.3. The van der Waals surface area contributed by atoms with Crippen LogP contribution in [-0.4, -0.2) is 36.0 Å². The Labute approximate surface area is 229 Å². The summed E-state index contributed by atoms with van der Waals surface area (Å²) in [6, 6.07) is 18.7. The molecule has 4 aromatic rings. The Kier molecular flexibility index (Phi) is 8.68. The lowest BCUT2D eigenvalue weighted by atomic mass is 9.99. The smallest absolute Gasteiger partial charge is 0.419 e. The molecule has 0 saturated carbocycles. The zero-order valence-electron chi connectivity index (χ0n) is 21.2. The number of aromatic nitrogens is 1. The van der Waals surface area contributed by atoms with Gasteiger partial charge in [0.1, 0.15) is 19.0 Å². The lowest BCUT2D eigenvalue weighted by Crippen LogP contribution is -2.29. The summed E-state index contributed by atoms with van der Waals surface area (Å²) in [4.78, 5) is 43.5. The molecule has 0 radical (unpaired) electrons. The average Bonchev–Trinajstić information content (AvgIpc) is 2.93. The highest BCUT2D eigenvalue weighted by Gasteiger charge is 2.24. The van der Waals surface area contributed by atoms with Gasteiger partial charge in [-0.1, -0.05) is 35.9 Å². The fraction of sp³-hybridized carbons (Fsp3) is 0.133. The number of ether oxygens (including phenoxy) is 2. The number of hydrogen-bond donors (Lipinski definition) is 0. The zero-order chi connectivity index (χ0) is 27.9. The molecular formula is C30H24ClFN2O5. The van der Waals surface area contributed by atoms with Crippen LogP contribution in [0.4, 0.5) is 20.6 Å². The van der Waals surface area contributed by atoms with E-state index in [1.54, 1.807) is 25.1 Å². The van der Waals surface area contributed by atoms with Crippen molar-refractivity contribution in [1.82, 2.24) is 4.98 Å². The van der Waals surface area contributed by atoms with Gasteiger partial charge in [0.25, 0.3) is 0 Å². The van der Waals surface area contributed by atoms with Gasteiger partial charge < -0.3 is 9.47 Å². The minimum atomic E-state index is -0.807. The molecule has 9 heteroatoms. The SMILES string of the molecule is Cc1ccccc1C(=O)c1ccc(N(C(=O)OCCOC(=O)c2ccncc2)c2ccc(F)cc2C)cc1Cl. The molecule has 0 aliphatic carbocycles. The molecule has 1 amide bonds. The highest BCUT2D eigenvalue weighted by molar-refractivity contribution is 6.35. The molecule has 0 unspecified atom stereocenters. The number of anilines is 2. The van der Waals surface area contributed by atoms with Crippen molar-refractivity contribution in [1.29, 1.82) is 0 Å². The summed E-state index contributed by atoms with van der Waals surface area (Å²) in [6.45, 7) is 3.06. The van der Waals surface area contributed by atoms with Crippen LogP contribution in [0.1, 0.15) is 37.4 Å². The van der Waals surface area contributed by atoms with Gasteiger partial charge in [-0.2, -0.15) is 0 Å². The first-order chi connectivity index (χ1) is 18.8. The second-order valence-corrected chi connectivity index (χ2v) is 8.97. The van der Waals surface area contributed by atoms with Gasteiger partial charge in [0, 0.05) is 23.5 Å². The van der Waals surface area contributed by atoms with E-state index in [0.717, 1.165) is 5.56 Å². The predicted molar refractivity (Wildman–Crippen MR) is 145 cm³/mol. The molecule has 0 saturated heterocycles. The molecule has 0 spiro atoms. The van der Waals surface area contributed by atoms with E-state index >= 15 is 0 Å². The molecule has 0 aliphatic heterocycles. The molecule has 0 atom stereocenters. The molecule has 198 valence electrons. The van der Waals surface area contributed by atoms with Crippen molar-refractivity contribution in [2.24, 2.45) is 0 Å². The van der Waals surface area contributed by atoms with Crippen molar-refractivity contribution in [2.75, 3.05) is 18.1 Å². The van der Waals surface area contributed by atoms with E-state index in [-0.39, 0.29) is 29.6 Å². The largest absolute Gasteiger partial charge is 0.458 e. The Bertz CT molecular complexity index is 1530. The number of halogens is 2. The van der Waals surface area contributed by atoms with Crippen LogP contribution in [0.2, 0.25) is 5.02 Å².